The van der Waals surface area contributed by atoms with Crippen LogP contribution >= 0.6 is 0 Å². The highest BCUT2D eigenvalue weighted by Gasteiger charge is 2.20. The highest BCUT2D eigenvalue weighted by atomic mass is 16.5. The van der Waals surface area contributed by atoms with Crippen LogP contribution in [0.3, 0.4) is 0 Å². The largest absolute Gasteiger partial charge is 0.383 e. The molecule has 4 nitrogen and oxygen atoms in total. The molecule has 20 heavy (non-hydrogen) atoms. The minimum atomic E-state index is 0.0454. The fourth-order valence-electron chi connectivity index (χ4n) is 2.58. The van der Waals surface area contributed by atoms with Crippen LogP contribution in [-0.4, -0.2) is 50.2 Å². The summed E-state index contributed by atoms with van der Waals surface area (Å²) in [7, 11) is 1.73. The molecule has 4 heteroatoms. The van der Waals surface area contributed by atoms with E-state index in [9.17, 15) is 4.79 Å². The Labute approximate surface area is 121 Å². The smallest absolute Gasteiger partial charge is 0.251 e. The molecule has 0 aliphatic carbocycles. The maximum atomic E-state index is 12.2. The van der Waals surface area contributed by atoms with E-state index in [0.717, 1.165) is 50.2 Å². The van der Waals surface area contributed by atoms with E-state index in [1.54, 1.807) is 7.11 Å². The van der Waals surface area contributed by atoms with Crippen LogP contribution in [0, 0.1) is 6.92 Å². The Balaban J connectivity index is 1.79. The molecule has 1 aromatic carbocycles. The second kappa shape index (κ2) is 7.41. The number of hydrogen-bond acceptors (Lipinski definition) is 3. The summed E-state index contributed by atoms with van der Waals surface area (Å²) in [5.41, 5.74) is 1.87. The van der Waals surface area contributed by atoms with Crippen molar-refractivity contribution in [3.05, 3.63) is 35.4 Å². The van der Waals surface area contributed by atoms with E-state index in [1.807, 2.05) is 31.2 Å². The fourth-order valence-corrected chi connectivity index (χ4v) is 2.58. The first-order valence-corrected chi connectivity index (χ1v) is 7.28. The number of likely N-dealkylation sites (tertiary alicyclic amines) is 1. The summed E-state index contributed by atoms with van der Waals surface area (Å²) >= 11 is 0. The van der Waals surface area contributed by atoms with Crippen molar-refractivity contribution in [2.45, 2.75) is 25.8 Å². The third kappa shape index (κ3) is 4.32. The molecule has 0 aromatic heterocycles. The minimum Gasteiger partial charge on any atom is -0.383 e. The molecule has 2 rings (SSSR count). The topological polar surface area (TPSA) is 41.6 Å². The predicted octanol–water partition coefficient (Wildman–Crippen LogP) is 1.84. The highest BCUT2D eigenvalue weighted by molar-refractivity contribution is 5.94. The zero-order valence-corrected chi connectivity index (χ0v) is 12.4. The van der Waals surface area contributed by atoms with Gasteiger partial charge in [0, 0.05) is 38.3 Å². The van der Waals surface area contributed by atoms with E-state index in [4.69, 9.17) is 4.74 Å². The van der Waals surface area contributed by atoms with Gasteiger partial charge in [-0.25, -0.2) is 0 Å². The molecule has 0 bridgehead atoms. The van der Waals surface area contributed by atoms with Gasteiger partial charge in [0.15, 0.2) is 0 Å². The van der Waals surface area contributed by atoms with Crippen LogP contribution in [0.25, 0.3) is 0 Å². The molecule has 1 fully saturated rings. The van der Waals surface area contributed by atoms with E-state index in [2.05, 4.69) is 10.2 Å². The normalized spacial score (nSPS) is 17.1. The molecular weight excluding hydrogens is 252 g/mol. The molecule has 1 saturated heterocycles. The van der Waals surface area contributed by atoms with E-state index >= 15 is 0 Å². The number of carbonyl (C=O) groups excluding carboxylic acids is 1. The summed E-state index contributed by atoms with van der Waals surface area (Å²) in [6, 6.07) is 8.03. The number of ether oxygens (including phenoxy) is 1. The number of rotatable bonds is 5. The molecule has 1 heterocycles. The summed E-state index contributed by atoms with van der Waals surface area (Å²) in [4.78, 5) is 14.6. The highest BCUT2D eigenvalue weighted by Crippen LogP contribution is 2.11. The molecular formula is C16H24N2O2. The average Bonchev–Trinajstić information content (AvgIpc) is 2.46. The van der Waals surface area contributed by atoms with Gasteiger partial charge in [0.1, 0.15) is 0 Å². The van der Waals surface area contributed by atoms with Gasteiger partial charge < -0.3 is 15.0 Å². The molecule has 0 spiro atoms. The maximum Gasteiger partial charge on any atom is 0.251 e. The van der Waals surface area contributed by atoms with Crippen molar-refractivity contribution < 1.29 is 9.53 Å². The zero-order valence-electron chi connectivity index (χ0n) is 12.4. The molecule has 1 N–H and O–H groups in total. The van der Waals surface area contributed by atoms with E-state index < -0.39 is 0 Å². The Morgan fingerprint density at radius 3 is 2.80 bits per heavy atom. The Morgan fingerprint density at radius 1 is 1.40 bits per heavy atom. The predicted molar refractivity (Wildman–Crippen MR) is 80.0 cm³/mol. The molecule has 0 radical (unpaired) electrons. The lowest BCUT2D eigenvalue weighted by atomic mass is 10.0. The van der Waals surface area contributed by atoms with E-state index in [0.29, 0.717) is 6.04 Å². The van der Waals surface area contributed by atoms with Gasteiger partial charge in [-0.2, -0.15) is 0 Å². The van der Waals surface area contributed by atoms with Gasteiger partial charge in [0.05, 0.1) is 6.61 Å². The van der Waals surface area contributed by atoms with E-state index in [-0.39, 0.29) is 5.91 Å². The number of hydrogen-bond donors (Lipinski definition) is 1. The quantitative estimate of drug-likeness (QED) is 0.892. The molecule has 1 aliphatic heterocycles. The lowest BCUT2D eigenvalue weighted by molar-refractivity contribution is 0.0892. The van der Waals surface area contributed by atoms with Crippen LogP contribution in [0.1, 0.15) is 28.8 Å². The third-order valence-electron chi connectivity index (χ3n) is 3.81. The summed E-state index contributed by atoms with van der Waals surface area (Å²) < 4.78 is 5.09. The lowest BCUT2D eigenvalue weighted by Crippen LogP contribution is -2.45. The summed E-state index contributed by atoms with van der Waals surface area (Å²) in [5.74, 6) is 0.0454. The van der Waals surface area contributed by atoms with Gasteiger partial charge in [-0.1, -0.05) is 17.7 Å². The Morgan fingerprint density at radius 2 is 2.15 bits per heavy atom. The van der Waals surface area contributed by atoms with Crippen molar-refractivity contribution >= 4 is 5.91 Å². The van der Waals surface area contributed by atoms with Gasteiger partial charge in [-0.05, 0) is 31.9 Å². The second-order valence-corrected chi connectivity index (χ2v) is 5.45. The van der Waals surface area contributed by atoms with Crippen LogP contribution in [0.2, 0.25) is 0 Å². The van der Waals surface area contributed by atoms with Crippen LogP contribution in [-0.2, 0) is 4.74 Å². The molecule has 0 saturated carbocycles. The van der Waals surface area contributed by atoms with Crippen molar-refractivity contribution in [3.63, 3.8) is 0 Å². The van der Waals surface area contributed by atoms with Crippen LogP contribution in [0.5, 0.6) is 0 Å². The lowest BCUT2D eigenvalue weighted by Gasteiger charge is -2.32. The van der Waals surface area contributed by atoms with Crippen molar-refractivity contribution in [1.82, 2.24) is 10.2 Å². The number of nitrogens with one attached hydrogen (secondary N) is 1. The summed E-state index contributed by atoms with van der Waals surface area (Å²) in [6.07, 6.45) is 2.03. The standard InChI is InChI=1S/C16H24N2O2/c1-13-4-3-5-14(12-13)16(19)17-15-6-8-18(9-7-15)10-11-20-2/h3-5,12,15H,6-11H2,1-2H3,(H,17,19). The average molecular weight is 276 g/mol. The van der Waals surface area contributed by atoms with Crippen molar-refractivity contribution in [1.29, 1.82) is 0 Å². The SMILES string of the molecule is COCCN1CCC(NC(=O)c2cccc(C)c2)CC1. The van der Waals surface area contributed by atoms with Gasteiger partial charge >= 0.3 is 0 Å². The Bertz CT molecular complexity index is 440. The first-order valence-electron chi connectivity index (χ1n) is 7.28. The molecule has 110 valence electrons. The third-order valence-corrected chi connectivity index (χ3v) is 3.81. The number of aryl methyl sites for hydroxylation is 1. The fraction of sp³-hybridized carbons (Fsp3) is 0.562. The monoisotopic (exact) mass is 276 g/mol. The van der Waals surface area contributed by atoms with Crippen LogP contribution in [0.15, 0.2) is 24.3 Å². The van der Waals surface area contributed by atoms with Crippen molar-refractivity contribution in [3.8, 4) is 0 Å². The van der Waals surface area contributed by atoms with Crippen LogP contribution in [0.4, 0.5) is 0 Å². The van der Waals surface area contributed by atoms with E-state index in [1.165, 1.54) is 0 Å². The first kappa shape index (κ1) is 15.0. The zero-order chi connectivity index (χ0) is 14.4. The number of carbonyl (C=O) groups is 1. The summed E-state index contributed by atoms with van der Waals surface area (Å²) in [6.45, 7) is 5.82. The summed E-state index contributed by atoms with van der Waals surface area (Å²) in [5, 5.41) is 3.14. The van der Waals surface area contributed by atoms with Crippen molar-refractivity contribution in [2.75, 3.05) is 33.4 Å². The molecule has 1 amide bonds. The van der Waals surface area contributed by atoms with Crippen molar-refractivity contribution in [2.24, 2.45) is 0 Å². The molecule has 0 atom stereocenters. The molecule has 0 unspecified atom stereocenters. The molecule has 1 aromatic rings. The van der Waals surface area contributed by atoms with Gasteiger partial charge in [0.2, 0.25) is 0 Å². The van der Waals surface area contributed by atoms with Crippen LogP contribution < -0.4 is 5.32 Å². The Kier molecular flexibility index (Phi) is 5.56. The Hall–Kier alpha value is -1.39. The first-order chi connectivity index (χ1) is 9.69. The number of piperidine rings is 1. The number of amides is 1. The second-order valence-electron chi connectivity index (χ2n) is 5.45. The van der Waals surface area contributed by atoms with Gasteiger partial charge in [0.25, 0.3) is 5.91 Å². The minimum absolute atomic E-state index is 0.0454. The number of methoxy groups -OCH3 is 1. The van der Waals surface area contributed by atoms with Gasteiger partial charge in [-0.15, -0.1) is 0 Å². The maximum absolute atomic E-state index is 12.2. The number of benzene rings is 1. The molecule has 1 aliphatic rings. The number of nitrogens with zero attached hydrogens (tertiary/aromatic N) is 1. The van der Waals surface area contributed by atoms with Gasteiger partial charge in [-0.3, -0.25) is 4.79 Å².